The van der Waals surface area contributed by atoms with Crippen molar-refractivity contribution in [3.8, 4) is 5.75 Å². The molecule has 41 heavy (non-hydrogen) atoms. The van der Waals surface area contributed by atoms with Crippen LogP contribution in [-0.4, -0.2) is 71.0 Å². The minimum absolute atomic E-state index is 0.146. The molecule has 12 nitrogen and oxygen atoms in total. The second-order valence-corrected chi connectivity index (χ2v) is 10.5. The third kappa shape index (κ3) is 12.7. The van der Waals surface area contributed by atoms with Gasteiger partial charge in [-0.1, -0.05) is 42.5 Å². The van der Waals surface area contributed by atoms with Gasteiger partial charge in [0.15, 0.2) is 0 Å². The molecule has 1 fully saturated rings. The van der Waals surface area contributed by atoms with E-state index < -0.39 is 42.3 Å². The zero-order valence-corrected chi connectivity index (χ0v) is 23.6. The zero-order chi connectivity index (χ0) is 30.4. The van der Waals surface area contributed by atoms with Crippen LogP contribution in [0.1, 0.15) is 44.7 Å². The number of nitrogens with two attached hydrogens (primary N) is 1. The second kappa shape index (κ2) is 16.2. The smallest absolute Gasteiger partial charge is 0.408 e. The molecule has 0 radical (unpaired) electrons. The molecule has 2 aromatic rings. The van der Waals surface area contributed by atoms with Gasteiger partial charge in [-0.3, -0.25) is 9.59 Å². The summed E-state index contributed by atoms with van der Waals surface area (Å²) < 4.78 is 10.8. The Morgan fingerprint density at radius 2 is 1.66 bits per heavy atom. The number of ether oxygens (including phenoxy) is 2. The summed E-state index contributed by atoms with van der Waals surface area (Å²) in [7, 11) is 0. The van der Waals surface area contributed by atoms with Gasteiger partial charge in [-0.05, 0) is 63.4 Å². The molecule has 0 saturated carbocycles. The number of benzene rings is 2. The van der Waals surface area contributed by atoms with Crippen LogP contribution < -0.4 is 26.4 Å². The van der Waals surface area contributed by atoms with Crippen LogP contribution in [0.25, 0.3) is 0 Å². The first-order chi connectivity index (χ1) is 19.4. The lowest BCUT2D eigenvalue weighted by molar-refractivity contribution is -0.139. The molecule has 1 heterocycles. The first kappa shape index (κ1) is 33.0. The van der Waals surface area contributed by atoms with E-state index in [0.29, 0.717) is 12.4 Å². The van der Waals surface area contributed by atoms with Crippen LogP contribution in [-0.2, 0) is 32.1 Å². The van der Waals surface area contributed by atoms with E-state index in [0.717, 1.165) is 30.5 Å². The largest absolute Gasteiger partial charge is 0.489 e. The third-order valence-electron chi connectivity index (χ3n) is 5.82. The van der Waals surface area contributed by atoms with Crippen molar-refractivity contribution in [1.29, 1.82) is 0 Å². The van der Waals surface area contributed by atoms with Crippen molar-refractivity contribution in [1.82, 2.24) is 16.0 Å². The van der Waals surface area contributed by atoms with Gasteiger partial charge in [0.1, 0.15) is 30.0 Å². The molecule has 3 rings (SSSR count). The summed E-state index contributed by atoms with van der Waals surface area (Å²) in [4.78, 5) is 45.4. The van der Waals surface area contributed by atoms with Crippen molar-refractivity contribution >= 4 is 23.9 Å². The lowest BCUT2D eigenvalue weighted by Gasteiger charge is -2.22. The van der Waals surface area contributed by atoms with Crippen molar-refractivity contribution in [2.45, 2.75) is 70.4 Å². The average molecular weight is 573 g/mol. The number of rotatable bonds is 11. The van der Waals surface area contributed by atoms with Gasteiger partial charge in [0.05, 0.1) is 12.6 Å². The predicted molar refractivity (Wildman–Crippen MR) is 151 cm³/mol. The maximum Gasteiger partial charge on any atom is 0.408 e. The van der Waals surface area contributed by atoms with Gasteiger partial charge < -0.3 is 41.4 Å². The van der Waals surface area contributed by atoms with Crippen molar-refractivity contribution < 1.29 is 38.9 Å². The Hall–Kier alpha value is -4.16. The molecule has 0 spiro atoms. The Labute approximate surface area is 239 Å². The summed E-state index contributed by atoms with van der Waals surface area (Å²) in [5.41, 5.74) is 6.10. The molecule has 12 heteroatoms. The van der Waals surface area contributed by atoms with Crippen LogP contribution in [0.3, 0.4) is 0 Å². The Morgan fingerprint density at radius 1 is 1.00 bits per heavy atom. The van der Waals surface area contributed by atoms with Crippen LogP contribution in [0.5, 0.6) is 5.75 Å². The summed E-state index contributed by atoms with van der Waals surface area (Å²) in [6.07, 6.45) is 1.09. The lowest BCUT2D eigenvalue weighted by atomic mass is 10.1. The van der Waals surface area contributed by atoms with E-state index in [1.807, 2.05) is 30.3 Å². The number of aliphatic carboxylic acids is 1. The number of hydrogen-bond donors (Lipinski definition) is 6. The summed E-state index contributed by atoms with van der Waals surface area (Å²) >= 11 is 0. The number of carbonyl (C=O) groups excluding carboxylic acids is 3. The molecule has 0 aromatic heterocycles. The Bertz CT molecular complexity index is 1130. The highest BCUT2D eigenvalue weighted by Gasteiger charge is 2.26. The van der Waals surface area contributed by atoms with E-state index in [4.69, 9.17) is 20.3 Å². The number of carboxylic acids is 1. The first-order valence-corrected chi connectivity index (χ1v) is 13.3. The van der Waals surface area contributed by atoms with Gasteiger partial charge >= 0.3 is 12.1 Å². The van der Waals surface area contributed by atoms with Crippen LogP contribution in [0.4, 0.5) is 4.79 Å². The van der Waals surface area contributed by atoms with Crippen molar-refractivity contribution in [2.75, 3.05) is 13.2 Å². The van der Waals surface area contributed by atoms with Gasteiger partial charge in [-0.2, -0.15) is 0 Å². The van der Waals surface area contributed by atoms with Crippen molar-refractivity contribution in [3.63, 3.8) is 0 Å². The molecule has 0 aliphatic carbocycles. The van der Waals surface area contributed by atoms with Gasteiger partial charge in [0.25, 0.3) is 0 Å². The monoisotopic (exact) mass is 572 g/mol. The summed E-state index contributed by atoms with van der Waals surface area (Å²) in [5, 5.41) is 25.9. The van der Waals surface area contributed by atoms with E-state index in [2.05, 4.69) is 16.0 Å². The molecule has 0 unspecified atom stereocenters. The first-order valence-electron chi connectivity index (χ1n) is 13.3. The molecule has 7 N–H and O–H groups in total. The molecule has 1 saturated heterocycles. The number of carboxylic acid groups (broad SMARTS) is 1. The Balaban J connectivity index is 0.000000353. The van der Waals surface area contributed by atoms with Crippen molar-refractivity contribution in [2.24, 2.45) is 5.73 Å². The number of nitrogens with one attached hydrogen (secondary N) is 3. The summed E-state index contributed by atoms with van der Waals surface area (Å²) in [6.45, 7) is 5.95. The van der Waals surface area contributed by atoms with Crippen LogP contribution in [0.15, 0.2) is 54.6 Å². The molecular formula is C29H40N4O8. The number of alkyl carbamates (subject to hydrolysis) is 1. The number of amides is 3. The molecule has 224 valence electrons. The maximum atomic E-state index is 11.8. The van der Waals surface area contributed by atoms with Crippen LogP contribution in [0, 0.1) is 0 Å². The predicted octanol–water partition coefficient (Wildman–Crippen LogP) is 1.49. The van der Waals surface area contributed by atoms with E-state index in [9.17, 15) is 24.3 Å². The molecule has 2 aromatic carbocycles. The minimum atomic E-state index is -1.12. The second-order valence-electron chi connectivity index (χ2n) is 10.5. The fourth-order valence-electron chi connectivity index (χ4n) is 3.74. The lowest BCUT2D eigenvalue weighted by Crippen LogP contribution is -2.51. The number of hydrogen-bond acceptors (Lipinski definition) is 8. The summed E-state index contributed by atoms with van der Waals surface area (Å²) in [5.74, 6) is -1.43. The Morgan fingerprint density at radius 3 is 2.17 bits per heavy atom. The molecule has 1 aliphatic rings. The third-order valence-corrected chi connectivity index (χ3v) is 5.82. The fourth-order valence-corrected chi connectivity index (χ4v) is 3.74. The van der Waals surface area contributed by atoms with E-state index in [1.54, 1.807) is 45.0 Å². The molecule has 3 atom stereocenters. The normalized spacial score (nSPS) is 15.9. The SMILES string of the molecule is CC(C)(C)OC(=O)N[C@@H](Cc1ccc(OCc2ccccc2)cc1)C(=O)O.NC(=O)[C@H](CO)NC(=O)[C@@H]1CCCN1. The van der Waals surface area contributed by atoms with E-state index >= 15 is 0 Å². The van der Waals surface area contributed by atoms with Gasteiger partial charge in [-0.25, -0.2) is 9.59 Å². The average Bonchev–Trinajstić information content (AvgIpc) is 3.46. The van der Waals surface area contributed by atoms with Crippen LogP contribution >= 0.6 is 0 Å². The zero-order valence-electron chi connectivity index (χ0n) is 23.6. The molecule has 3 amide bonds. The fraction of sp³-hybridized carbons (Fsp3) is 0.448. The molecule has 1 aliphatic heterocycles. The number of primary amides is 1. The quantitative estimate of drug-likeness (QED) is 0.232. The van der Waals surface area contributed by atoms with E-state index in [1.165, 1.54) is 0 Å². The standard InChI is InChI=1S/C21H25NO5.C8H15N3O3/c1-21(2,3)27-20(25)22-18(19(23)24)13-15-9-11-17(12-10-15)26-14-16-7-5-4-6-8-16;9-7(13)6(4-12)11-8(14)5-2-1-3-10-5/h4-12,18H,13-14H2,1-3H3,(H,22,25)(H,23,24);5-6,10,12H,1-4H2,(H2,9,13)(H,11,14)/t18-;5-,6-/m00/s1. The number of aliphatic hydroxyl groups is 1. The number of carbonyl (C=O) groups is 4. The summed E-state index contributed by atoms with van der Waals surface area (Å²) in [6, 6.07) is 14.6. The van der Waals surface area contributed by atoms with Gasteiger partial charge in [-0.15, -0.1) is 0 Å². The van der Waals surface area contributed by atoms with Crippen LogP contribution in [0.2, 0.25) is 0 Å². The Kier molecular flexibility index (Phi) is 13.0. The highest BCUT2D eigenvalue weighted by atomic mass is 16.6. The molecular weight excluding hydrogens is 532 g/mol. The highest BCUT2D eigenvalue weighted by molar-refractivity contribution is 5.89. The molecule has 0 bridgehead atoms. The topological polar surface area (TPSA) is 189 Å². The number of aliphatic hydroxyl groups excluding tert-OH is 1. The highest BCUT2D eigenvalue weighted by Crippen LogP contribution is 2.16. The van der Waals surface area contributed by atoms with E-state index in [-0.39, 0.29) is 18.4 Å². The minimum Gasteiger partial charge on any atom is -0.489 e. The van der Waals surface area contributed by atoms with Gasteiger partial charge in [0, 0.05) is 6.42 Å². The maximum absolute atomic E-state index is 11.8. The van der Waals surface area contributed by atoms with Gasteiger partial charge in [0.2, 0.25) is 11.8 Å². The van der Waals surface area contributed by atoms with Crippen molar-refractivity contribution in [3.05, 3.63) is 65.7 Å².